The predicted molar refractivity (Wildman–Crippen MR) is 101 cm³/mol. The largest absolute Gasteiger partial charge is 0.493 e. The number of nitrogens with one attached hydrogen (secondary N) is 1. The Morgan fingerprint density at radius 1 is 1.33 bits per heavy atom. The highest BCUT2D eigenvalue weighted by atomic mass is 16.5. The van der Waals surface area contributed by atoms with Crippen molar-refractivity contribution in [1.29, 1.82) is 0 Å². The number of carbonyl (C=O) groups is 2. The van der Waals surface area contributed by atoms with Crippen LogP contribution in [0.15, 0.2) is 18.2 Å². The molecule has 0 bridgehead atoms. The molecule has 27 heavy (non-hydrogen) atoms. The van der Waals surface area contributed by atoms with Crippen LogP contribution >= 0.6 is 0 Å². The fourth-order valence-corrected chi connectivity index (χ4v) is 3.20. The zero-order valence-electron chi connectivity index (χ0n) is 16.4. The zero-order chi connectivity index (χ0) is 20.0. The number of amides is 2. The van der Waals surface area contributed by atoms with Crippen LogP contribution in [0, 0.1) is 0 Å². The topological polar surface area (TPSA) is 91.3 Å². The van der Waals surface area contributed by atoms with E-state index in [1.54, 1.807) is 39.3 Å². The van der Waals surface area contributed by atoms with Gasteiger partial charge in [-0.1, -0.05) is 12.1 Å². The van der Waals surface area contributed by atoms with Gasteiger partial charge in [-0.15, -0.1) is 0 Å². The van der Waals surface area contributed by atoms with Gasteiger partial charge in [-0.2, -0.15) is 0 Å². The molecule has 1 saturated heterocycles. The molecule has 0 spiro atoms. The summed E-state index contributed by atoms with van der Waals surface area (Å²) in [7, 11) is 6.44. The van der Waals surface area contributed by atoms with Crippen molar-refractivity contribution in [1.82, 2.24) is 15.1 Å². The number of hydrogen-bond acceptors (Lipinski definition) is 6. The van der Waals surface area contributed by atoms with Crippen LogP contribution in [0.5, 0.6) is 11.5 Å². The van der Waals surface area contributed by atoms with Gasteiger partial charge >= 0.3 is 0 Å². The summed E-state index contributed by atoms with van der Waals surface area (Å²) in [5, 5.41) is 13.7. The SMILES string of the molecule is COc1cccc(CN2CCC[C@](O)(CNCC(=O)N(C)C)C2=O)c1OC. The van der Waals surface area contributed by atoms with E-state index >= 15 is 0 Å². The van der Waals surface area contributed by atoms with E-state index in [1.807, 2.05) is 12.1 Å². The fourth-order valence-electron chi connectivity index (χ4n) is 3.20. The van der Waals surface area contributed by atoms with Crippen molar-refractivity contribution < 1.29 is 24.2 Å². The third-order valence-corrected chi connectivity index (χ3v) is 4.74. The van der Waals surface area contributed by atoms with Gasteiger partial charge in [-0.3, -0.25) is 9.59 Å². The van der Waals surface area contributed by atoms with Gasteiger partial charge in [0.05, 0.1) is 20.8 Å². The molecule has 1 heterocycles. The summed E-state index contributed by atoms with van der Waals surface area (Å²) in [6.45, 7) is 0.986. The second-order valence-electron chi connectivity index (χ2n) is 6.91. The summed E-state index contributed by atoms with van der Waals surface area (Å²) in [5.74, 6) is 0.721. The van der Waals surface area contributed by atoms with Crippen LogP contribution in [0.3, 0.4) is 0 Å². The van der Waals surface area contributed by atoms with Crippen molar-refractivity contribution in [2.75, 3.05) is 47.9 Å². The first-order valence-corrected chi connectivity index (χ1v) is 8.95. The first kappa shape index (κ1) is 21.0. The number of carbonyl (C=O) groups excluding carboxylic acids is 2. The van der Waals surface area contributed by atoms with E-state index in [9.17, 15) is 14.7 Å². The monoisotopic (exact) mass is 379 g/mol. The summed E-state index contributed by atoms with van der Waals surface area (Å²) in [4.78, 5) is 27.6. The van der Waals surface area contributed by atoms with E-state index in [2.05, 4.69) is 5.32 Å². The Balaban J connectivity index is 2.07. The van der Waals surface area contributed by atoms with Crippen LogP contribution in [-0.4, -0.2) is 80.3 Å². The van der Waals surface area contributed by atoms with Gasteiger partial charge < -0.3 is 29.7 Å². The minimum atomic E-state index is -1.52. The lowest BCUT2D eigenvalue weighted by atomic mass is 9.91. The lowest BCUT2D eigenvalue weighted by Crippen LogP contribution is -2.58. The summed E-state index contributed by atoms with van der Waals surface area (Å²) in [5.41, 5.74) is -0.707. The van der Waals surface area contributed by atoms with Crippen molar-refractivity contribution >= 4 is 11.8 Å². The van der Waals surface area contributed by atoms with E-state index in [0.29, 0.717) is 37.4 Å². The minimum absolute atomic E-state index is 0.0388. The maximum Gasteiger partial charge on any atom is 0.256 e. The van der Waals surface area contributed by atoms with E-state index in [1.165, 1.54) is 4.90 Å². The fraction of sp³-hybridized carbons (Fsp3) is 0.579. The van der Waals surface area contributed by atoms with E-state index in [0.717, 1.165) is 5.56 Å². The number of piperidine rings is 1. The minimum Gasteiger partial charge on any atom is -0.493 e. The Morgan fingerprint density at radius 3 is 2.70 bits per heavy atom. The molecule has 1 atom stereocenters. The lowest BCUT2D eigenvalue weighted by molar-refractivity contribution is -0.157. The molecular formula is C19H29N3O5. The van der Waals surface area contributed by atoms with E-state index < -0.39 is 5.60 Å². The van der Waals surface area contributed by atoms with Crippen molar-refractivity contribution in [3.05, 3.63) is 23.8 Å². The maximum absolute atomic E-state index is 12.9. The first-order valence-electron chi connectivity index (χ1n) is 8.95. The normalized spacial score (nSPS) is 19.7. The molecule has 150 valence electrons. The van der Waals surface area contributed by atoms with Crippen LogP contribution in [0.1, 0.15) is 18.4 Å². The average molecular weight is 379 g/mol. The van der Waals surface area contributed by atoms with Gasteiger partial charge in [0.15, 0.2) is 17.1 Å². The standard InChI is InChI=1S/C19H29N3O5/c1-21(2)16(23)11-20-13-19(25)9-6-10-22(18(19)24)12-14-7-5-8-15(26-3)17(14)27-4/h5,7-8,20,25H,6,9-13H2,1-4H3/t19-/m0/s1. The van der Waals surface area contributed by atoms with Gasteiger partial charge in [0.1, 0.15) is 0 Å². The highest BCUT2D eigenvalue weighted by Gasteiger charge is 2.42. The molecule has 0 aliphatic carbocycles. The maximum atomic E-state index is 12.9. The van der Waals surface area contributed by atoms with Gasteiger partial charge in [-0.25, -0.2) is 0 Å². The molecule has 1 aliphatic rings. The molecule has 1 fully saturated rings. The molecule has 1 aromatic rings. The van der Waals surface area contributed by atoms with Crippen molar-refractivity contribution in [2.45, 2.75) is 25.0 Å². The average Bonchev–Trinajstić information content (AvgIpc) is 2.65. The highest BCUT2D eigenvalue weighted by molar-refractivity contribution is 5.86. The molecule has 0 aromatic heterocycles. The van der Waals surface area contributed by atoms with Crippen molar-refractivity contribution in [3.63, 3.8) is 0 Å². The lowest BCUT2D eigenvalue weighted by Gasteiger charge is -2.38. The molecule has 2 N–H and O–H groups in total. The van der Waals surface area contributed by atoms with E-state index in [-0.39, 0.29) is 24.9 Å². The Kier molecular flexibility index (Phi) is 7.04. The summed E-state index contributed by atoms with van der Waals surface area (Å²) in [6.07, 6.45) is 1.04. The van der Waals surface area contributed by atoms with Crippen LogP contribution in [0.4, 0.5) is 0 Å². The van der Waals surface area contributed by atoms with Gasteiger partial charge in [0.25, 0.3) is 5.91 Å². The predicted octanol–water partition coefficient (Wildman–Crippen LogP) is 0.235. The third kappa shape index (κ3) is 4.90. The quantitative estimate of drug-likeness (QED) is 0.672. The molecule has 8 nitrogen and oxygen atoms in total. The van der Waals surface area contributed by atoms with Crippen LogP contribution in [0.25, 0.3) is 0 Å². The van der Waals surface area contributed by atoms with Crippen LogP contribution in [0.2, 0.25) is 0 Å². The number of para-hydroxylation sites is 1. The Hall–Kier alpha value is -2.32. The molecule has 1 aromatic carbocycles. The number of benzene rings is 1. The Bertz CT molecular complexity index is 679. The Morgan fingerprint density at radius 2 is 2.07 bits per heavy atom. The molecule has 0 saturated carbocycles. The molecule has 0 unspecified atom stereocenters. The molecule has 8 heteroatoms. The van der Waals surface area contributed by atoms with Crippen molar-refractivity contribution in [2.24, 2.45) is 0 Å². The summed E-state index contributed by atoms with van der Waals surface area (Å²) >= 11 is 0. The summed E-state index contributed by atoms with van der Waals surface area (Å²) in [6, 6.07) is 5.50. The van der Waals surface area contributed by atoms with Gasteiger partial charge in [0, 0.05) is 39.3 Å². The number of likely N-dealkylation sites (tertiary alicyclic amines) is 1. The summed E-state index contributed by atoms with van der Waals surface area (Å²) < 4.78 is 10.7. The number of aliphatic hydroxyl groups is 1. The first-order chi connectivity index (χ1) is 12.8. The Labute approximate surface area is 160 Å². The number of ether oxygens (including phenoxy) is 2. The number of nitrogens with zero attached hydrogens (tertiary/aromatic N) is 2. The highest BCUT2D eigenvalue weighted by Crippen LogP contribution is 2.33. The second kappa shape index (κ2) is 9.05. The third-order valence-electron chi connectivity index (χ3n) is 4.74. The number of likely N-dealkylation sites (N-methyl/N-ethyl adjacent to an activating group) is 1. The molecule has 2 amide bonds. The van der Waals surface area contributed by atoms with Crippen molar-refractivity contribution in [3.8, 4) is 11.5 Å². The second-order valence-corrected chi connectivity index (χ2v) is 6.91. The molecular weight excluding hydrogens is 350 g/mol. The number of rotatable bonds is 8. The number of hydrogen-bond donors (Lipinski definition) is 2. The van der Waals surface area contributed by atoms with Gasteiger partial charge in [-0.05, 0) is 18.9 Å². The van der Waals surface area contributed by atoms with Crippen LogP contribution < -0.4 is 14.8 Å². The number of methoxy groups -OCH3 is 2. The zero-order valence-corrected chi connectivity index (χ0v) is 16.4. The van der Waals surface area contributed by atoms with Crippen LogP contribution in [-0.2, 0) is 16.1 Å². The molecule has 1 aliphatic heterocycles. The van der Waals surface area contributed by atoms with Gasteiger partial charge in [0.2, 0.25) is 5.91 Å². The smallest absolute Gasteiger partial charge is 0.256 e. The van der Waals surface area contributed by atoms with E-state index in [4.69, 9.17) is 9.47 Å². The molecule has 0 radical (unpaired) electrons. The molecule has 2 rings (SSSR count).